The zero-order valence-corrected chi connectivity index (χ0v) is 11.7. The van der Waals surface area contributed by atoms with Crippen LogP contribution in [0.5, 0.6) is 0 Å². The molecule has 6 N–H and O–H groups in total. The van der Waals surface area contributed by atoms with Crippen LogP contribution in [0.3, 0.4) is 0 Å². The van der Waals surface area contributed by atoms with Crippen molar-refractivity contribution in [3.05, 3.63) is 0 Å². The van der Waals surface area contributed by atoms with Crippen LogP contribution in [0.2, 0.25) is 0 Å². The first-order chi connectivity index (χ1) is 9.70. The largest absolute Gasteiger partial charge is 0.391 e. The second-order valence-electron chi connectivity index (χ2n) is 5.14. The Bertz CT molecular complexity index is 337. The molecule has 1 aliphatic rings. The number of hydrogen-bond donors (Lipinski definition) is 6. The molecule has 0 aromatic carbocycles. The van der Waals surface area contributed by atoms with Gasteiger partial charge in [-0.05, 0) is 13.8 Å². The van der Waals surface area contributed by atoms with Crippen molar-refractivity contribution in [3.63, 3.8) is 0 Å². The van der Waals surface area contributed by atoms with Gasteiger partial charge in [-0.3, -0.25) is 0 Å². The highest BCUT2D eigenvalue weighted by atomic mass is 16.7. The number of hydrogen-bond acceptors (Lipinski definition) is 9. The standard InChI is InChI=1S/C12H22O9/c1-4(14)11(8(17)6(15)3-13)21-12-10(19)9(18)7(16)5(2)20-12/h3-12,14-19H,1-2H3/t4-,5-,6-,7-,8-,9+,10+,11-,12-/m0/s1. The van der Waals surface area contributed by atoms with E-state index in [4.69, 9.17) is 9.47 Å². The normalized spacial score (nSPS) is 39.3. The van der Waals surface area contributed by atoms with Crippen LogP contribution in [0.15, 0.2) is 0 Å². The van der Waals surface area contributed by atoms with Crippen LogP contribution in [0, 0.1) is 0 Å². The Hall–Kier alpha value is -0.650. The van der Waals surface area contributed by atoms with E-state index in [1.807, 2.05) is 0 Å². The van der Waals surface area contributed by atoms with Crippen molar-refractivity contribution in [3.8, 4) is 0 Å². The summed E-state index contributed by atoms with van der Waals surface area (Å²) in [5.74, 6) is 0. The van der Waals surface area contributed by atoms with E-state index < -0.39 is 55.1 Å². The summed E-state index contributed by atoms with van der Waals surface area (Å²) in [4.78, 5) is 10.5. The summed E-state index contributed by atoms with van der Waals surface area (Å²) < 4.78 is 10.3. The topological polar surface area (TPSA) is 157 Å². The summed E-state index contributed by atoms with van der Waals surface area (Å²) >= 11 is 0. The molecule has 0 amide bonds. The zero-order valence-electron chi connectivity index (χ0n) is 11.7. The van der Waals surface area contributed by atoms with Crippen LogP contribution in [0.4, 0.5) is 0 Å². The van der Waals surface area contributed by atoms with Gasteiger partial charge < -0.3 is 44.9 Å². The molecule has 0 aromatic heterocycles. The first-order valence-electron chi connectivity index (χ1n) is 6.55. The number of aliphatic hydroxyl groups is 6. The van der Waals surface area contributed by atoms with Crippen LogP contribution in [-0.4, -0.2) is 92.0 Å². The summed E-state index contributed by atoms with van der Waals surface area (Å²) in [7, 11) is 0. The molecule has 9 heteroatoms. The molecule has 1 rings (SSSR count). The van der Waals surface area contributed by atoms with Gasteiger partial charge in [0, 0.05) is 0 Å². The molecular formula is C12H22O9. The van der Waals surface area contributed by atoms with Crippen molar-refractivity contribution in [1.29, 1.82) is 0 Å². The molecule has 0 radical (unpaired) electrons. The van der Waals surface area contributed by atoms with Crippen LogP contribution in [-0.2, 0) is 14.3 Å². The number of carbonyl (C=O) groups is 1. The molecule has 0 saturated carbocycles. The average molecular weight is 310 g/mol. The average Bonchev–Trinajstić information content (AvgIpc) is 2.45. The highest BCUT2D eigenvalue weighted by Gasteiger charge is 2.45. The molecule has 1 heterocycles. The van der Waals surface area contributed by atoms with Gasteiger partial charge in [-0.1, -0.05) is 0 Å². The van der Waals surface area contributed by atoms with Gasteiger partial charge in [0.15, 0.2) is 12.6 Å². The fourth-order valence-corrected chi connectivity index (χ4v) is 2.04. The molecule has 1 saturated heterocycles. The minimum Gasteiger partial charge on any atom is -0.391 e. The second kappa shape index (κ2) is 7.56. The number of aliphatic hydroxyl groups excluding tert-OH is 6. The van der Waals surface area contributed by atoms with Crippen molar-refractivity contribution in [2.45, 2.75) is 69.0 Å². The summed E-state index contributed by atoms with van der Waals surface area (Å²) in [6.45, 7) is 2.68. The number of aldehydes is 1. The van der Waals surface area contributed by atoms with Crippen LogP contribution in [0.25, 0.3) is 0 Å². The number of ether oxygens (including phenoxy) is 2. The predicted molar refractivity (Wildman–Crippen MR) is 67.0 cm³/mol. The summed E-state index contributed by atoms with van der Waals surface area (Å²) in [6.07, 6.45) is -13.0. The Morgan fingerprint density at radius 1 is 1.10 bits per heavy atom. The molecule has 1 aliphatic heterocycles. The zero-order chi connectivity index (χ0) is 16.3. The van der Waals surface area contributed by atoms with E-state index in [-0.39, 0.29) is 6.29 Å². The monoisotopic (exact) mass is 310 g/mol. The third-order valence-corrected chi connectivity index (χ3v) is 3.40. The Morgan fingerprint density at radius 3 is 2.14 bits per heavy atom. The lowest BCUT2D eigenvalue weighted by molar-refractivity contribution is -0.318. The van der Waals surface area contributed by atoms with Gasteiger partial charge in [-0.25, -0.2) is 0 Å². The van der Waals surface area contributed by atoms with Gasteiger partial charge in [0.05, 0.1) is 12.2 Å². The summed E-state index contributed by atoms with van der Waals surface area (Å²) in [6, 6.07) is 0. The first-order valence-corrected chi connectivity index (χ1v) is 6.55. The smallest absolute Gasteiger partial charge is 0.187 e. The number of carbonyl (C=O) groups excluding carboxylic acids is 1. The third-order valence-electron chi connectivity index (χ3n) is 3.40. The van der Waals surface area contributed by atoms with E-state index in [1.165, 1.54) is 13.8 Å². The van der Waals surface area contributed by atoms with Crippen molar-refractivity contribution >= 4 is 6.29 Å². The van der Waals surface area contributed by atoms with Crippen molar-refractivity contribution in [1.82, 2.24) is 0 Å². The fraction of sp³-hybridized carbons (Fsp3) is 0.917. The molecule has 0 bridgehead atoms. The van der Waals surface area contributed by atoms with Crippen molar-refractivity contribution in [2.75, 3.05) is 0 Å². The molecule has 0 spiro atoms. The van der Waals surface area contributed by atoms with Crippen molar-refractivity contribution in [2.24, 2.45) is 0 Å². The lowest BCUT2D eigenvalue weighted by Gasteiger charge is -2.41. The highest BCUT2D eigenvalue weighted by molar-refractivity contribution is 5.56. The lowest BCUT2D eigenvalue weighted by Crippen LogP contribution is -2.59. The quantitative estimate of drug-likeness (QED) is 0.274. The Morgan fingerprint density at radius 2 is 1.67 bits per heavy atom. The Balaban J connectivity index is 2.81. The Labute approximate surface area is 121 Å². The number of rotatable bonds is 6. The molecule has 0 aliphatic carbocycles. The van der Waals surface area contributed by atoms with Crippen LogP contribution < -0.4 is 0 Å². The molecular weight excluding hydrogens is 288 g/mol. The first kappa shape index (κ1) is 18.4. The minimum atomic E-state index is -1.79. The minimum absolute atomic E-state index is 0.0722. The third kappa shape index (κ3) is 4.18. The van der Waals surface area contributed by atoms with Crippen molar-refractivity contribution < 1.29 is 44.9 Å². The summed E-state index contributed by atoms with van der Waals surface area (Å²) in [5.41, 5.74) is 0. The highest BCUT2D eigenvalue weighted by Crippen LogP contribution is 2.24. The van der Waals surface area contributed by atoms with E-state index in [9.17, 15) is 35.4 Å². The van der Waals surface area contributed by atoms with E-state index in [0.29, 0.717) is 0 Å². The summed E-state index contributed by atoms with van der Waals surface area (Å²) in [5, 5.41) is 57.5. The molecule has 1 fully saturated rings. The fourth-order valence-electron chi connectivity index (χ4n) is 2.04. The molecule has 0 unspecified atom stereocenters. The van der Waals surface area contributed by atoms with E-state index in [2.05, 4.69) is 0 Å². The van der Waals surface area contributed by atoms with Gasteiger partial charge in [-0.15, -0.1) is 0 Å². The van der Waals surface area contributed by atoms with Gasteiger partial charge in [-0.2, -0.15) is 0 Å². The van der Waals surface area contributed by atoms with Crippen LogP contribution >= 0.6 is 0 Å². The van der Waals surface area contributed by atoms with Gasteiger partial charge in [0.2, 0.25) is 0 Å². The SMILES string of the molecule is C[C@H](O)[C@H](O[C@@H]1O[C@@H](C)[C@H](O)[C@@H](O)[C@H]1O)[C@@H](O)[C@@H](O)C=O. The van der Waals surface area contributed by atoms with Gasteiger partial charge in [0.25, 0.3) is 0 Å². The van der Waals surface area contributed by atoms with E-state index >= 15 is 0 Å². The van der Waals surface area contributed by atoms with Crippen LogP contribution in [0.1, 0.15) is 13.8 Å². The molecule has 0 aromatic rings. The maximum atomic E-state index is 10.5. The predicted octanol–water partition coefficient (Wildman–Crippen LogP) is -3.50. The molecule has 9 atom stereocenters. The lowest BCUT2D eigenvalue weighted by atomic mass is 9.99. The van der Waals surface area contributed by atoms with Gasteiger partial charge >= 0.3 is 0 Å². The second-order valence-corrected chi connectivity index (χ2v) is 5.14. The molecule has 21 heavy (non-hydrogen) atoms. The van der Waals surface area contributed by atoms with E-state index in [1.54, 1.807) is 0 Å². The maximum Gasteiger partial charge on any atom is 0.187 e. The molecule has 9 nitrogen and oxygen atoms in total. The molecule has 124 valence electrons. The Kier molecular flexibility index (Phi) is 6.63. The van der Waals surface area contributed by atoms with E-state index in [0.717, 1.165) is 0 Å². The van der Waals surface area contributed by atoms with Gasteiger partial charge in [0.1, 0.15) is 36.6 Å². The maximum absolute atomic E-state index is 10.5.